The van der Waals surface area contributed by atoms with Crippen molar-refractivity contribution in [3.8, 4) is 5.69 Å². The molecule has 0 aliphatic heterocycles. The van der Waals surface area contributed by atoms with E-state index in [2.05, 4.69) is 15.7 Å². The van der Waals surface area contributed by atoms with Crippen LogP contribution in [-0.2, 0) is 0 Å². The second-order valence-electron chi connectivity index (χ2n) is 6.22. The van der Waals surface area contributed by atoms with Crippen molar-refractivity contribution in [1.82, 2.24) is 15.1 Å². The highest BCUT2D eigenvalue weighted by Crippen LogP contribution is 2.17. The number of urea groups is 1. The van der Waals surface area contributed by atoms with Crippen molar-refractivity contribution >= 4 is 11.7 Å². The molecule has 5 nitrogen and oxygen atoms in total. The van der Waals surface area contributed by atoms with Gasteiger partial charge in [0, 0.05) is 16.9 Å². The number of carbonyl (C=O) groups is 1. The van der Waals surface area contributed by atoms with E-state index in [1.54, 1.807) is 0 Å². The number of aryl methyl sites for hydroxylation is 2. The molecule has 0 aliphatic rings. The molecule has 0 saturated heterocycles. The van der Waals surface area contributed by atoms with Crippen molar-refractivity contribution in [2.45, 2.75) is 40.2 Å². The maximum atomic E-state index is 11.9. The van der Waals surface area contributed by atoms with Gasteiger partial charge in [0.05, 0.1) is 11.4 Å². The average Bonchev–Trinajstić information content (AvgIpc) is 2.66. The maximum absolute atomic E-state index is 11.9. The molecule has 2 N–H and O–H groups in total. The summed E-state index contributed by atoms with van der Waals surface area (Å²) in [5.41, 5.74) is 3.42. The number of hydrogen-bond donors (Lipinski definition) is 2. The predicted molar refractivity (Wildman–Crippen MR) is 84.9 cm³/mol. The molecule has 0 fully saturated rings. The Bertz CT molecular complexity index is 653. The van der Waals surface area contributed by atoms with Gasteiger partial charge in [-0.15, -0.1) is 0 Å². The maximum Gasteiger partial charge on any atom is 0.319 e. The zero-order valence-corrected chi connectivity index (χ0v) is 13.2. The molecule has 2 rings (SSSR count). The summed E-state index contributed by atoms with van der Waals surface area (Å²) < 4.78 is 1.86. The molecule has 1 aromatic heterocycles. The van der Waals surface area contributed by atoms with Gasteiger partial charge in [-0.1, -0.05) is 6.07 Å². The topological polar surface area (TPSA) is 59.0 Å². The molecule has 2 amide bonds. The number of benzene rings is 1. The number of nitrogens with zero attached hydrogens (tertiary/aromatic N) is 2. The molecule has 0 bridgehead atoms. The van der Waals surface area contributed by atoms with Crippen molar-refractivity contribution in [3.05, 3.63) is 41.7 Å². The summed E-state index contributed by atoms with van der Waals surface area (Å²) in [4.78, 5) is 11.9. The van der Waals surface area contributed by atoms with Gasteiger partial charge >= 0.3 is 6.03 Å². The number of anilines is 1. The first-order valence-electron chi connectivity index (χ1n) is 6.97. The fraction of sp³-hybridized carbons (Fsp3) is 0.375. The molecule has 0 aliphatic carbocycles. The Hall–Kier alpha value is -2.30. The molecule has 0 saturated carbocycles. The van der Waals surface area contributed by atoms with Gasteiger partial charge in [-0.2, -0.15) is 5.10 Å². The predicted octanol–water partition coefficient (Wildman–Crippen LogP) is 3.41. The van der Waals surface area contributed by atoms with E-state index in [9.17, 15) is 4.79 Å². The Labute approximate surface area is 125 Å². The van der Waals surface area contributed by atoms with Crippen LogP contribution in [0.4, 0.5) is 10.5 Å². The number of rotatable bonds is 2. The SMILES string of the molecule is Cc1cc(C)n(-c2cccc(NC(=O)NC(C)(C)C)c2)n1. The molecule has 112 valence electrons. The fourth-order valence-corrected chi connectivity index (χ4v) is 2.11. The van der Waals surface area contributed by atoms with E-state index in [1.807, 2.05) is 69.6 Å². The van der Waals surface area contributed by atoms with Gasteiger partial charge < -0.3 is 10.6 Å². The van der Waals surface area contributed by atoms with E-state index in [1.165, 1.54) is 0 Å². The lowest BCUT2D eigenvalue weighted by molar-refractivity contribution is 0.244. The van der Waals surface area contributed by atoms with E-state index in [0.29, 0.717) is 0 Å². The van der Waals surface area contributed by atoms with Gasteiger partial charge in [0.15, 0.2) is 0 Å². The van der Waals surface area contributed by atoms with Crippen molar-refractivity contribution in [2.24, 2.45) is 0 Å². The summed E-state index contributed by atoms with van der Waals surface area (Å²) in [6.07, 6.45) is 0. The summed E-state index contributed by atoms with van der Waals surface area (Å²) in [6, 6.07) is 9.43. The minimum Gasteiger partial charge on any atom is -0.333 e. The summed E-state index contributed by atoms with van der Waals surface area (Å²) >= 11 is 0. The van der Waals surface area contributed by atoms with Crippen LogP contribution in [0.15, 0.2) is 30.3 Å². The second-order valence-corrected chi connectivity index (χ2v) is 6.22. The first-order chi connectivity index (χ1) is 9.74. The van der Waals surface area contributed by atoms with Crippen LogP contribution in [0.5, 0.6) is 0 Å². The Morgan fingerprint density at radius 3 is 2.48 bits per heavy atom. The minimum absolute atomic E-state index is 0.215. The van der Waals surface area contributed by atoms with E-state index in [4.69, 9.17) is 0 Å². The van der Waals surface area contributed by atoms with Gasteiger partial charge in [0.25, 0.3) is 0 Å². The van der Waals surface area contributed by atoms with Crippen LogP contribution >= 0.6 is 0 Å². The molecular weight excluding hydrogens is 264 g/mol. The first kappa shape index (κ1) is 15.1. The number of nitrogens with one attached hydrogen (secondary N) is 2. The third-order valence-corrected chi connectivity index (χ3v) is 2.85. The summed E-state index contributed by atoms with van der Waals surface area (Å²) in [5.74, 6) is 0. The van der Waals surface area contributed by atoms with Crippen LogP contribution in [0.2, 0.25) is 0 Å². The van der Waals surface area contributed by atoms with Crippen LogP contribution in [0.25, 0.3) is 5.69 Å². The molecule has 21 heavy (non-hydrogen) atoms. The van der Waals surface area contributed by atoms with Crippen molar-refractivity contribution < 1.29 is 4.79 Å². The first-order valence-corrected chi connectivity index (χ1v) is 6.97. The number of aromatic nitrogens is 2. The molecule has 1 heterocycles. The zero-order chi connectivity index (χ0) is 15.6. The highest BCUT2D eigenvalue weighted by Gasteiger charge is 2.13. The Balaban J connectivity index is 2.19. The molecule has 2 aromatic rings. The zero-order valence-electron chi connectivity index (χ0n) is 13.2. The molecule has 0 atom stereocenters. The molecule has 0 radical (unpaired) electrons. The fourth-order valence-electron chi connectivity index (χ4n) is 2.11. The lowest BCUT2D eigenvalue weighted by Gasteiger charge is -2.20. The third kappa shape index (κ3) is 4.08. The van der Waals surface area contributed by atoms with Crippen LogP contribution in [0.1, 0.15) is 32.2 Å². The van der Waals surface area contributed by atoms with Gasteiger partial charge in [-0.25, -0.2) is 9.48 Å². The van der Waals surface area contributed by atoms with Gasteiger partial charge in [-0.3, -0.25) is 0 Å². The van der Waals surface area contributed by atoms with Gasteiger partial charge in [0.1, 0.15) is 0 Å². The summed E-state index contributed by atoms with van der Waals surface area (Å²) in [7, 11) is 0. The molecule has 5 heteroatoms. The lowest BCUT2D eigenvalue weighted by Crippen LogP contribution is -2.43. The van der Waals surface area contributed by atoms with E-state index >= 15 is 0 Å². The third-order valence-electron chi connectivity index (χ3n) is 2.85. The molecule has 0 spiro atoms. The van der Waals surface area contributed by atoms with E-state index < -0.39 is 0 Å². The van der Waals surface area contributed by atoms with E-state index in [0.717, 1.165) is 22.8 Å². The molecule has 0 unspecified atom stereocenters. The van der Waals surface area contributed by atoms with Crippen molar-refractivity contribution in [1.29, 1.82) is 0 Å². The lowest BCUT2D eigenvalue weighted by atomic mass is 10.1. The normalized spacial score (nSPS) is 11.3. The van der Waals surface area contributed by atoms with Crippen molar-refractivity contribution in [2.75, 3.05) is 5.32 Å². The molecular formula is C16H22N4O. The monoisotopic (exact) mass is 286 g/mol. The number of hydrogen-bond acceptors (Lipinski definition) is 2. The van der Waals surface area contributed by atoms with Crippen LogP contribution in [-0.4, -0.2) is 21.4 Å². The van der Waals surface area contributed by atoms with Crippen LogP contribution < -0.4 is 10.6 Å². The number of carbonyl (C=O) groups excluding carboxylic acids is 1. The van der Waals surface area contributed by atoms with Gasteiger partial charge in [0.2, 0.25) is 0 Å². The van der Waals surface area contributed by atoms with Crippen molar-refractivity contribution in [3.63, 3.8) is 0 Å². The Morgan fingerprint density at radius 1 is 1.19 bits per heavy atom. The largest absolute Gasteiger partial charge is 0.333 e. The number of amides is 2. The Morgan fingerprint density at radius 2 is 1.90 bits per heavy atom. The highest BCUT2D eigenvalue weighted by atomic mass is 16.2. The van der Waals surface area contributed by atoms with E-state index in [-0.39, 0.29) is 11.6 Å². The second kappa shape index (κ2) is 5.60. The summed E-state index contributed by atoms with van der Waals surface area (Å²) in [5, 5.41) is 10.2. The smallest absolute Gasteiger partial charge is 0.319 e. The standard InChI is InChI=1S/C16H22N4O/c1-11-9-12(2)20(19-11)14-8-6-7-13(10-14)17-15(21)18-16(3,4)5/h6-10H,1-5H3,(H2,17,18,21). The van der Waals surface area contributed by atoms with Crippen LogP contribution in [0.3, 0.4) is 0 Å². The minimum atomic E-state index is -0.266. The van der Waals surface area contributed by atoms with Crippen LogP contribution in [0, 0.1) is 13.8 Å². The Kier molecular flexibility index (Phi) is 4.02. The average molecular weight is 286 g/mol. The quantitative estimate of drug-likeness (QED) is 0.888. The van der Waals surface area contributed by atoms with Gasteiger partial charge in [-0.05, 0) is 58.9 Å². The molecule has 1 aromatic carbocycles. The highest BCUT2D eigenvalue weighted by molar-refractivity contribution is 5.90. The summed E-state index contributed by atoms with van der Waals surface area (Å²) in [6.45, 7) is 9.80.